The fraction of sp³-hybridized carbons (Fsp3) is 0.357. The Hall–Kier alpha value is -4.01. The topological polar surface area (TPSA) is 95.7 Å². The number of ketones is 1. The number of carbonyl (C=O) groups is 3. The van der Waals surface area contributed by atoms with Crippen molar-refractivity contribution in [1.82, 2.24) is 19.4 Å². The van der Waals surface area contributed by atoms with Gasteiger partial charge >= 0.3 is 6.09 Å². The van der Waals surface area contributed by atoms with Gasteiger partial charge in [-0.1, -0.05) is 48.9 Å². The number of amides is 2. The van der Waals surface area contributed by atoms with E-state index in [1.54, 1.807) is 21.6 Å². The van der Waals surface area contributed by atoms with Crippen molar-refractivity contribution in [1.29, 1.82) is 0 Å². The second-order valence-electron chi connectivity index (χ2n) is 9.66. The molecule has 2 fully saturated rings. The van der Waals surface area contributed by atoms with Gasteiger partial charge in [-0.2, -0.15) is 0 Å². The van der Waals surface area contributed by atoms with Crippen LogP contribution in [0.15, 0.2) is 60.9 Å². The fourth-order valence-corrected chi connectivity index (χ4v) is 5.43. The van der Waals surface area contributed by atoms with Crippen molar-refractivity contribution in [3.05, 3.63) is 78.0 Å². The van der Waals surface area contributed by atoms with E-state index in [-0.39, 0.29) is 37.0 Å². The van der Waals surface area contributed by atoms with Gasteiger partial charge in [0.25, 0.3) is 5.91 Å². The molecule has 2 aliphatic rings. The lowest BCUT2D eigenvalue weighted by molar-refractivity contribution is -0.123. The van der Waals surface area contributed by atoms with Gasteiger partial charge in [0.15, 0.2) is 11.5 Å². The highest BCUT2D eigenvalue weighted by Gasteiger charge is 2.36. The van der Waals surface area contributed by atoms with Gasteiger partial charge < -0.3 is 19.5 Å². The molecule has 1 saturated carbocycles. The van der Waals surface area contributed by atoms with Crippen LogP contribution in [0.2, 0.25) is 0 Å². The van der Waals surface area contributed by atoms with E-state index >= 15 is 0 Å². The molecule has 1 saturated heterocycles. The van der Waals surface area contributed by atoms with Crippen molar-refractivity contribution in [3.8, 4) is 11.3 Å². The lowest BCUT2D eigenvalue weighted by Gasteiger charge is -2.40. The van der Waals surface area contributed by atoms with E-state index in [0.29, 0.717) is 30.5 Å². The summed E-state index contributed by atoms with van der Waals surface area (Å²) in [5.74, 6) is -0.722. The number of piperazine rings is 1. The van der Waals surface area contributed by atoms with Gasteiger partial charge in [-0.05, 0) is 37.0 Å². The molecule has 2 atom stereocenters. The summed E-state index contributed by atoms with van der Waals surface area (Å²) in [5, 5.41) is 9.59. The molecule has 1 N–H and O–H groups in total. The molecule has 1 aromatic heterocycles. The van der Waals surface area contributed by atoms with Crippen LogP contribution in [0.3, 0.4) is 0 Å². The molecule has 8 nitrogen and oxygen atoms in total. The van der Waals surface area contributed by atoms with Gasteiger partial charge in [-0.3, -0.25) is 9.59 Å². The smallest absolute Gasteiger partial charge is 0.407 e. The van der Waals surface area contributed by atoms with Gasteiger partial charge in [0, 0.05) is 31.6 Å². The molecule has 3 aromatic rings. The predicted molar refractivity (Wildman–Crippen MR) is 135 cm³/mol. The number of carbonyl (C=O) groups excluding carboxylic acids is 2. The van der Waals surface area contributed by atoms with Crippen LogP contribution < -0.4 is 0 Å². The van der Waals surface area contributed by atoms with E-state index in [4.69, 9.17) is 0 Å². The van der Waals surface area contributed by atoms with Gasteiger partial charge in [-0.25, -0.2) is 14.2 Å². The summed E-state index contributed by atoms with van der Waals surface area (Å²) in [6.45, 7) is 0.566. The highest BCUT2D eigenvalue weighted by molar-refractivity contribution is 5.99. The van der Waals surface area contributed by atoms with E-state index in [1.165, 1.54) is 23.4 Å². The molecule has 9 heteroatoms. The van der Waals surface area contributed by atoms with Crippen LogP contribution in [0.25, 0.3) is 11.3 Å². The molecule has 1 unspecified atom stereocenters. The summed E-state index contributed by atoms with van der Waals surface area (Å²) < 4.78 is 16.0. The maximum Gasteiger partial charge on any atom is 0.407 e. The number of halogens is 1. The minimum atomic E-state index is -1.02. The molecule has 2 aromatic carbocycles. The van der Waals surface area contributed by atoms with E-state index in [2.05, 4.69) is 4.98 Å². The molecule has 2 heterocycles. The van der Waals surface area contributed by atoms with E-state index < -0.39 is 24.0 Å². The Morgan fingerprint density at radius 3 is 2.59 bits per heavy atom. The Balaban J connectivity index is 1.54. The number of nitrogens with zero attached hydrogens (tertiary/aromatic N) is 4. The van der Waals surface area contributed by atoms with Crippen molar-refractivity contribution >= 4 is 17.8 Å². The lowest BCUT2D eigenvalue weighted by Crippen LogP contribution is -2.57. The molecule has 5 rings (SSSR count). The SMILES string of the molecule is O=C1CCCCC1n1cnc(C(=O)N2CCN(C(=O)O)C[C@H]2Cc2ccccc2)c1-c1cccc(F)c1. The van der Waals surface area contributed by atoms with Crippen molar-refractivity contribution in [2.24, 2.45) is 0 Å². The zero-order chi connectivity index (χ0) is 25.9. The third-order valence-corrected chi connectivity index (χ3v) is 7.28. The summed E-state index contributed by atoms with van der Waals surface area (Å²) >= 11 is 0. The summed E-state index contributed by atoms with van der Waals surface area (Å²) in [6, 6.07) is 14.7. The Kier molecular flexibility index (Phi) is 7.03. The Morgan fingerprint density at radius 2 is 1.86 bits per heavy atom. The first-order chi connectivity index (χ1) is 17.9. The Labute approximate surface area is 214 Å². The molecular weight excluding hydrogens is 475 g/mol. The van der Waals surface area contributed by atoms with Crippen molar-refractivity contribution in [3.63, 3.8) is 0 Å². The van der Waals surface area contributed by atoms with Crippen molar-refractivity contribution in [2.75, 3.05) is 19.6 Å². The molecule has 0 radical (unpaired) electrons. The van der Waals surface area contributed by atoms with E-state index in [0.717, 1.165) is 18.4 Å². The van der Waals surface area contributed by atoms with Crippen LogP contribution in [0.1, 0.15) is 47.8 Å². The second-order valence-corrected chi connectivity index (χ2v) is 9.66. The Morgan fingerprint density at radius 1 is 1.05 bits per heavy atom. The number of rotatable bonds is 5. The number of hydrogen-bond acceptors (Lipinski definition) is 4. The molecule has 1 aliphatic carbocycles. The lowest BCUT2D eigenvalue weighted by atomic mass is 9.93. The minimum absolute atomic E-state index is 0.0809. The summed E-state index contributed by atoms with van der Waals surface area (Å²) in [6.07, 6.45) is 3.79. The first-order valence-corrected chi connectivity index (χ1v) is 12.6. The third kappa shape index (κ3) is 5.12. The predicted octanol–water partition coefficient (Wildman–Crippen LogP) is 4.42. The number of carboxylic acid groups (broad SMARTS) is 1. The number of imidazole rings is 1. The van der Waals surface area contributed by atoms with Gasteiger partial charge in [0.1, 0.15) is 5.82 Å². The first-order valence-electron chi connectivity index (χ1n) is 12.6. The zero-order valence-corrected chi connectivity index (χ0v) is 20.4. The van der Waals surface area contributed by atoms with Crippen LogP contribution in [0.5, 0.6) is 0 Å². The number of Topliss-reactive ketones (excluding diaryl/α,β-unsaturated/α-hetero) is 1. The van der Waals surface area contributed by atoms with Crippen LogP contribution in [-0.4, -0.2) is 67.9 Å². The molecule has 2 amide bonds. The first kappa shape index (κ1) is 24.7. The number of benzene rings is 2. The molecule has 37 heavy (non-hydrogen) atoms. The van der Waals surface area contributed by atoms with Crippen LogP contribution in [-0.2, 0) is 11.2 Å². The average Bonchev–Trinajstić information content (AvgIpc) is 3.34. The maximum atomic E-state index is 14.3. The Bertz CT molecular complexity index is 1310. The molecule has 192 valence electrons. The monoisotopic (exact) mass is 504 g/mol. The third-order valence-electron chi connectivity index (χ3n) is 7.28. The largest absolute Gasteiger partial charge is 0.465 e. The summed E-state index contributed by atoms with van der Waals surface area (Å²) in [7, 11) is 0. The van der Waals surface area contributed by atoms with Gasteiger partial charge in [0.05, 0.1) is 24.1 Å². The fourth-order valence-electron chi connectivity index (χ4n) is 5.43. The van der Waals surface area contributed by atoms with E-state index in [1.807, 2.05) is 30.3 Å². The second kappa shape index (κ2) is 10.5. The summed E-state index contributed by atoms with van der Waals surface area (Å²) in [4.78, 5) is 46.0. The average molecular weight is 505 g/mol. The van der Waals surface area contributed by atoms with Crippen LogP contribution in [0, 0.1) is 5.82 Å². The van der Waals surface area contributed by atoms with E-state index in [9.17, 15) is 23.9 Å². The van der Waals surface area contributed by atoms with Crippen molar-refractivity contribution < 1.29 is 23.9 Å². The zero-order valence-electron chi connectivity index (χ0n) is 20.4. The molecule has 0 spiro atoms. The maximum absolute atomic E-state index is 14.3. The quantitative estimate of drug-likeness (QED) is 0.555. The molecular formula is C28H29FN4O4. The van der Waals surface area contributed by atoms with Gasteiger partial charge in [0.2, 0.25) is 0 Å². The molecule has 1 aliphatic heterocycles. The van der Waals surface area contributed by atoms with Gasteiger partial charge in [-0.15, -0.1) is 0 Å². The van der Waals surface area contributed by atoms with Crippen LogP contribution >= 0.6 is 0 Å². The standard InChI is InChI=1S/C28H29FN4O4/c29-21-10-6-9-20(16-21)26-25(30-18-33(26)23-11-4-5-12-24(23)34)27(35)32-14-13-31(28(36)37)17-22(32)15-19-7-2-1-3-8-19/h1-3,6-10,16,18,22-23H,4-5,11-15,17H2,(H,36,37)/t22-,23?/m1/s1. The highest BCUT2D eigenvalue weighted by atomic mass is 19.1. The van der Waals surface area contributed by atoms with Crippen LogP contribution in [0.4, 0.5) is 9.18 Å². The minimum Gasteiger partial charge on any atom is -0.465 e. The normalized spacial score (nSPS) is 20.2. The highest BCUT2D eigenvalue weighted by Crippen LogP contribution is 2.34. The number of aromatic nitrogens is 2. The summed E-state index contributed by atoms with van der Waals surface area (Å²) in [5.41, 5.74) is 2.03. The number of hydrogen-bond donors (Lipinski definition) is 1. The van der Waals surface area contributed by atoms with Crippen molar-refractivity contribution in [2.45, 2.75) is 44.2 Å². The molecule has 0 bridgehead atoms.